The first kappa shape index (κ1) is 69.8. The summed E-state index contributed by atoms with van der Waals surface area (Å²) in [4.78, 5) is 42.3. The van der Waals surface area contributed by atoms with E-state index in [1.165, 1.54) is 19.2 Å². The van der Waals surface area contributed by atoms with Gasteiger partial charge in [0.15, 0.2) is 0 Å². The van der Waals surface area contributed by atoms with E-state index in [0.29, 0.717) is 41.6 Å². The summed E-state index contributed by atoms with van der Waals surface area (Å²) in [7, 11) is -2.22. The number of esters is 1. The van der Waals surface area contributed by atoms with Crippen LogP contribution in [0.3, 0.4) is 0 Å². The Morgan fingerprint density at radius 2 is 0.973 bits per heavy atom. The zero-order chi connectivity index (χ0) is 56.6. The van der Waals surface area contributed by atoms with Crippen molar-refractivity contribution in [2.45, 2.75) is 23.8 Å². The number of halogens is 14. The van der Waals surface area contributed by atoms with Crippen LogP contribution in [-0.2, 0) is 38.3 Å². The molecule has 0 unspecified atom stereocenters. The lowest BCUT2D eigenvalue weighted by atomic mass is 10.2. The number of methoxy groups -OCH3 is 3. The van der Waals surface area contributed by atoms with Crippen LogP contribution in [0.25, 0.3) is 0 Å². The lowest BCUT2D eigenvalue weighted by molar-refractivity contribution is -0.385. The van der Waals surface area contributed by atoms with Crippen LogP contribution in [-0.4, -0.2) is 83.2 Å². The van der Waals surface area contributed by atoms with Crippen LogP contribution in [0.15, 0.2) is 108 Å². The van der Waals surface area contributed by atoms with Crippen molar-refractivity contribution in [3.8, 4) is 23.0 Å². The number of alkyl halides is 11. The Kier molecular flexibility index (Phi) is 29.7. The number of carbonyl (C=O) groups excluding carboxylic acids is 1. The average molecular weight is 1180 g/mol. The molecule has 1 heterocycles. The van der Waals surface area contributed by atoms with Gasteiger partial charge in [0.1, 0.15) is 23.0 Å². The zero-order valence-electron chi connectivity index (χ0n) is 36.7. The van der Waals surface area contributed by atoms with Crippen molar-refractivity contribution in [3.63, 3.8) is 0 Å². The van der Waals surface area contributed by atoms with Gasteiger partial charge in [-0.2, -0.15) is 56.7 Å². The number of phenols is 2. The molecule has 0 amide bonds. The monoisotopic (exact) mass is 1180 g/mol. The van der Waals surface area contributed by atoms with E-state index >= 15 is 0 Å². The van der Waals surface area contributed by atoms with E-state index in [1.54, 1.807) is 18.5 Å². The molecule has 0 radical (unpaired) electrons. The number of nitrogens with two attached hydrogens (primary N) is 1. The Morgan fingerprint density at radius 1 is 0.616 bits per heavy atom. The number of hydrogen-bond donors (Lipinski definition) is 4. The summed E-state index contributed by atoms with van der Waals surface area (Å²) in [6.45, 7) is 0. The Labute approximate surface area is 416 Å². The molecular weight excluding hydrogens is 1140 g/mol. The number of aromatic nitrogens is 1. The quantitative estimate of drug-likeness (QED) is 0.0294. The number of hydrogen-bond acceptors (Lipinski definition) is 17. The summed E-state index contributed by atoms with van der Waals surface area (Å²) in [6.07, 6.45) is -10.3. The van der Waals surface area contributed by atoms with E-state index in [0.717, 1.165) is 44.6 Å². The van der Waals surface area contributed by atoms with Crippen LogP contribution in [0, 0.1) is 30.3 Å². The predicted molar refractivity (Wildman–Crippen MR) is 236 cm³/mol. The number of non-ortho nitro benzene ring substituents is 3. The van der Waals surface area contributed by atoms with Gasteiger partial charge in [-0.1, -0.05) is 9.95 Å². The lowest BCUT2D eigenvalue weighted by Crippen LogP contribution is -2.36. The van der Waals surface area contributed by atoms with E-state index < -0.39 is 100 Å². The van der Waals surface area contributed by atoms with Crippen molar-refractivity contribution in [2.24, 2.45) is 0 Å². The minimum Gasteiger partial charge on any atom is -0.507 e. The van der Waals surface area contributed by atoms with Crippen molar-refractivity contribution in [3.05, 3.63) is 155 Å². The number of carbonyl (C=O) groups is 1. The SMILES string of the molecule is CO.COC(=O)C(F)(F)S(=O)(=O)F.COc1cc([N+](=O)[O-])ccc1Br.COc1cc([N+](=O)[O-])ccc1C(F)(F)F.Cl.Nc1ccc(C(F)(F)F)c(O)c1.O=[N+]([O-])c1ccc(C(F)(F)F)c(O)c1.c1ccncc1. The molecule has 0 fully saturated rings. The molecule has 0 aliphatic heterocycles. The number of nitrogens with zero attached hydrogens (tertiary/aromatic N) is 4. The van der Waals surface area contributed by atoms with Crippen LogP contribution >= 0.6 is 28.3 Å². The van der Waals surface area contributed by atoms with Gasteiger partial charge in [0.05, 0.1) is 75.5 Å². The number of anilines is 1. The maximum Gasteiger partial charge on any atom is 0.470 e. The minimum atomic E-state index is -6.22. The second-order valence-corrected chi connectivity index (χ2v) is 14.2. The van der Waals surface area contributed by atoms with Gasteiger partial charge in [0.25, 0.3) is 17.1 Å². The molecule has 0 aliphatic rings. The standard InChI is InChI=1S/C8H6F3NO3.C7H6BrNO3.C7H4F3NO3.C7H6F3NO.C5H5N.C3H3F3O4S.CH4O.ClH/c1-15-7-4-5(12(13)14)2-3-6(7)8(9,10)11;1-12-7-4-5(9(10)11)2-3-6(7)8;8-7(9,10)5-2-1-4(11(13)14)3-6(5)12;8-7(9,10)5-2-1-4(11)3-6(5)12;1-2-4-6-5-3-1;1-10-2(7)3(4,5)11(6,8)9;1-2;/h2-4H,1H3;2-4H,1H3;1-3,12H;1-3,12H,11H2;1-5H;1H3;2H,1H3;1H. The molecular formula is C38H35BrClF12N5O15S. The maximum absolute atomic E-state index is 12.3. The molecule has 35 heteroatoms. The summed E-state index contributed by atoms with van der Waals surface area (Å²) in [5, 5.41) is 50.3. The molecule has 0 aliphatic carbocycles. The molecule has 20 nitrogen and oxygen atoms in total. The lowest BCUT2D eigenvalue weighted by Gasteiger charge is -2.10. The summed E-state index contributed by atoms with van der Waals surface area (Å²) in [5.41, 5.74) is 0.839. The van der Waals surface area contributed by atoms with E-state index in [-0.39, 0.29) is 23.8 Å². The van der Waals surface area contributed by atoms with Crippen LogP contribution in [0.4, 0.5) is 74.9 Å². The van der Waals surface area contributed by atoms with Crippen LogP contribution < -0.4 is 15.2 Å². The number of aliphatic hydroxyl groups excluding tert-OH is 1. The van der Waals surface area contributed by atoms with Gasteiger partial charge < -0.3 is 35.3 Å². The number of phenolic OH excluding ortho intramolecular Hbond substituents is 2. The van der Waals surface area contributed by atoms with Crippen molar-refractivity contribution in [1.82, 2.24) is 4.98 Å². The first-order valence-corrected chi connectivity index (χ1v) is 19.9. The molecule has 0 spiro atoms. The molecule has 406 valence electrons. The number of benzene rings is 4. The summed E-state index contributed by atoms with van der Waals surface area (Å²) < 4.78 is 177. The molecule has 0 saturated heterocycles. The van der Waals surface area contributed by atoms with E-state index in [2.05, 4.69) is 30.4 Å². The van der Waals surface area contributed by atoms with Gasteiger partial charge in [0, 0.05) is 49.5 Å². The Morgan fingerprint density at radius 3 is 1.26 bits per heavy atom. The normalized spacial score (nSPS) is 10.6. The molecule has 73 heavy (non-hydrogen) atoms. The van der Waals surface area contributed by atoms with Gasteiger partial charge in [-0.3, -0.25) is 35.3 Å². The predicted octanol–water partition coefficient (Wildman–Crippen LogP) is 10.5. The number of aromatic hydroxyl groups is 2. The first-order valence-electron chi connectivity index (χ1n) is 17.8. The van der Waals surface area contributed by atoms with Crippen molar-refractivity contribution >= 4 is 67.3 Å². The highest BCUT2D eigenvalue weighted by Gasteiger charge is 2.55. The van der Waals surface area contributed by atoms with E-state index in [4.69, 9.17) is 25.8 Å². The number of ether oxygens (including phenoxy) is 3. The molecule has 0 bridgehead atoms. The van der Waals surface area contributed by atoms with Crippen molar-refractivity contribution in [2.75, 3.05) is 34.2 Å². The highest BCUT2D eigenvalue weighted by Crippen LogP contribution is 2.39. The second-order valence-electron chi connectivity index (χ2n) is 11.9. The number of nitro benzene ring substituents is 3. The average Bonchev–Trinajstić information content (AvgIpc) is 3.29. The van der Waals surface area contributed by atoms with Gasteiger partial charge in [-0.25, -0.2) is 4.79 Å². The fraction of sp³-hybridized carbons (Fsp3) is 0.211. The van der Waals surface area contributed by atoms with Gasteiger partial charge >= 0.3 is 40.0 Å². The smallest absolute Gasteiger partial charge is 0.470 e. The molecule has 1 aromatic heterocycles. The maximum atomic E-state index is 12.3. The van der Waals surface area contributed by atoms with Crippen molar-refractivity contribution in [1.29, 1.82) is 0 Å². The van der Waals surface area contributed by atoms with Gasteiger partial charge in [-0.15, -0.1) is 12.4 Å². The number of nitro groups is 3. The molecule has 5 aromatic rings. The summed E-state index contributed by atoms with van der Waals surface area (Å²) in [5.74, 6) is -4.53. The van der Waals surface area contributed by atoms with Crippen LogP contribution in [0.5, 0.6) is 23.0 Å². The fourth-order valence-electron chi connectivity index (χ4n) is 3.98. The number of aliphatic hydroxyl groups is 1. The van der Waals surface area contributed by atoms with Gasteiger partial charge in [0.2, 0.25) is 0 Å². The van der Waals surface area contributed by atoms with E-state index in [1.807, 2.05) is 18.2 Å². The number of rotatable bonds is 7. The Hall–Kier alpha value is -7.46. The van der Waals surface area contributed by atoms with Gasteiger partial charge in [-0.05, 0) is 58.4 Å². The first-order chi connectivity index (χ1) is 33.0. The summed E-state index contributed by atoms with van der Waals surface area (Å²) in [6, 6.07) is 16.5. The molecule has 0 atom stereocenters. The van der Waals surface area contributed by atoms with Crippen LogP contribution in [0.1, 0.15) is 16.7 Å². The molecule has 4 aromatic carbocycles. The third-order valence-corrected chi connectivity index (χ3v) is 8.60. The molecule has 5 N–H and O–H groups in total. The third-order valence-electron chi connectivity index (χ3n) is 7.17. The third kappa shape index (κ3) is 24.5. The highest BCUT2D eigenvalue weighted by atomic mass is 79.9. The van der Waals surface area contributed by atoms with Crippen molar-refractivity contribution < 1.29 is 110 Å². The van der Waals surface area contributed by atoms with E-state index in [9.17, 15) is 95.7 Å². The topological polar surface area (TPSA) is 308 Å². The zero-order valence-corrected chi connectivity index (χ0v) is 39.9. The Balaban J connectivity index is -0.000000808. The summed E-state index contributed by atoms with van der Waals surface area (Å²) >= 11 is 3.19. The second kappa shape index (κ2) is 31.1. The highest BCUT2D eigenvalue weighted by molar-refractivity contribution is 9.10. The number of nitrogen functional groups attached to an aromatic ring is 1. The largest absolute Gasteiger partial charge is 0.507 e. The van der Waals surface area contributed by atoms with Crippen LogP contribution in [0.2, 0.25) is 0 Å². The molecule has 5 rings (SSSR count). The minimum absolute atomic E-state index is 0. The Bertz CT molecular complexity index is 2650. The number of pyridine rings is 1. The fourth-order valence-corrected chi connectivity index (χ4v) is 4.67. The molecule has 0 saturated carbocycles.